The number of aromatic nitrogens is 1. The Bertz CT molecular complexity index is 737. The number of hydrogen-bond acceptors (Lipinski definition) is 3. The fraction of sp³-hybridized carbons (Fsp3) is 0.353. The van der Waals surface area contributed by atoms with E-state index in [0.717, 1.165) is 6.07 Å². The second kappa shape index (κ2) is 8.01. The highest BCUT2D eigenvalue weighted by Gasteiger charge is 2.40. The van der Waals surface area contributed by atoms with E-state index in [9.17, 15) is 17.6 Å². The lowest BCUT2D eigenvalue weighted by Crippen LogP contribution is -2.33. The van der Waals surface area contributed by atoms with Gasteiger partial charge in [-0.1, -0.05) is 17.7 Å². The van der Waals surface area contributed by atoms with Crippen molar-refractivity contribution in [1.82, 2.24) is 4.98 Å². The molecule has 0 spiro atoms. The Morgan fingerprint density at radius 1 is 1.24 bits per heavy atom. The lowest BCUT2D eigenvalue weighted by molar-refractivity contribution is -0.223. The van der Waals surface area contributed by atoms with Gasteiger partial charge in [0.1, 0.15) is 5.82 Å². The Balaban J connectivity index is 2.12. The second-order valence-electron chi connectivity index (χ2n) is 5.45. The fourth-order valence-electron chi connectivity index (χ4n) is 2.16. The van der Waals surface area contributed by atoms with Crippen molar-refractivity contribution in [1.29, 1.82) is 0 Å². The van der Waals surface area contributed by atoms with Gasteiger partial charge >= 0.3 is 6.18 Å². The molecule has 2 aromatic rings. The first kappa shape index (κ1) is 19.5. The Morgan fingerprint density at radius 3 is 2.52 bits per heavy atom. The number of benzene rings is 1. The molecule has 1 unspecified atom stereocenters. The highest BCUT2D eigenvalue weighted by molar-refractivity contribution is 6.30. The average Bonchev–Trinajstić information content (AvgIpc) is 2.54. The monoisotopic (exact) mass is 377 g/mol. The normalized spacial score (nSPS) is 12.9. The molecule has 3 nitrogen and oxygen atoms in total. The molecule has 2 rings (SSSR count). The number of nitrogens with zero attached hydrogens (tertiary/aromatic N) is 1. The molecule has 0 aliphatic heterocycles. The summed E-state index contributed by atoms with van der Waals surface area (Å²) >= 11 is 5.54. The van der Waals surface area contributed by atoms with E-state index in [-0.39, 0.29) is 17.2 Å². The van der Waals surface area contributed by atoms with Gasteiger partial charge in [0.2, 0.25) is 5.88 Å². The molecular weight excluding hydrogens is 362 g/mol. The van der Waals surface area contributed by atoms with Crippen molar-refractivity contribution in [2.75, 3.05) is 7.11 Å². The average molecular weight is 378 g/mol. The molecule has 8 heteroatoms. The first-order chi connectivity index (χ1) is 11.7. The van der Waals surface area contributed by atoms with Crippen molar-refractivity contribution in [2.45, 2.75) is 32.2 Å². The zero-order valence-corrected chi connectivity index (χ0v) is 14.3. The van der Waals surface area contributed by atoms with Gasteiger partial charge in [-0.3, -0.25) is 0 Å². The largest absolute Gasteiger partial charge is 0.481 e. The maximum absolute atomic E-state index is 13.4. The molecule has 1 aromatic carbocycles. The van der Waals surface area contributed by atoms with Gasteiger partial charge < -0.3 is 9.47 Å². The van der Waals surface area contributed by atoms with Gasteiger partial charge in [-0.2, -0.15) is 13.2 Å². The summed E-state index contributed by atoms with van der Waals surface area (Å²) in [4.78, 5) is 3.96. The molecule has 0 amide bonds. The zero-order chi connectivity index (χ0) is 18.6. The Labute approximate surface area is 147 Å². The van der Waals surface area contributed by atoms with Crippen LogP contribution in [0.5, 0.6) is 5.88 Å². The summed E-state index contributed by atoms with van der Waals surface area (Å²) in [7, 11) is 1.45. The van der Waals surface area contributed by atoms with Gasteiger partial charge in [0.15, 0.2) is 6.10 Å². The van der Waals surface area contributed by atoms with Gasteiger partial charge in [-0.15, -0.1) is 0 Å². The maximum Gasteiger partial charge on any atom is 0.414 e. The third-order valence-electron chi connectivity index (χ3n) is 3.61. The molecule has 0 N–H and O–H groups in total. The van der Waals surface area contributed by atoms with Crippen LogP contribution in [0.4, 0.5) is 17.6 Å². The molecule has 1 aromatic heterocycles. The van der Waals surface area contributed by atoms with Crippen LogP contribution in [-0.2, 0) is 17.8 Å². The van der Waals surface area contributed by atoms with Gasteiger partial charge in [0.05, 0.1) is 18.7 Å². The predicted octanol–water partition coefficient (Wildman–Crippen LogP) is 4.88. The van der Waals surface area contributed by atoms with Crippen LogP contribution in [0.2, 0.25) is 5.02 Å². The molecule has 1 atom stereocenters. The molecule has 0 aliphatic carbocycles. The summed E-state index contributed by atoms with van der Waals surface area (Å²) < 4.78 is 63.1. The van der Waals surface area contributed by atoms with E-state index >= 15 is 0 Å². The number of alkyl halides is 3. The summed E-state index contributed by atoms with van der Waals surface area (Å²) in [5.41, 5.74) is 1.36. The summed E-state index contributed by atoms with van der Waals surface area (Å²) in [5.74, 6) is -0.402. The molecule has 25 heavy (non-hydrogen) atoms. The van der Waals surface area contributed by atoms with Crippen molar-refractivity contribution >= 4 is 11.6 Å². The molecule has 0 fully saturated rings. The van der Waals surface area contributed by atoms with Gasteiger partial charge in [0, 0.05) is 18.7 Å². The standard InChI is InChI=1S/C17H16ClF4NO2/c1-10-5-16(24-2)23-8-12(10)9-25-15(17(20,21)22)7-11-3-4-13(18)14(19)6-11/h3-6,8,15H,7,9H2,1-2H3. The van der Waals surface area contributed by atoms with Gasteiger partial charge in [-0.25, -0.2) is 9.37 Å². The third kappa shape index (κ3) is 5.31. The van der Waals surface area contributed by atoms with Gasteiger partial charge in [-0.05, 0) is 35.7 Å². The third-order valence-corrected chi connectivity index (χ3v) is 3.92. The van der Waals surface area contributed by atoms with Crippen molar-refractivity contribution in [3.05, 3.63) is 58.0 Å². The van der Waals surface area contributed by atoms with Crippen LogP contribution < -0.4 is 4.74 Å². The van der Waals surface area contributed by atoms with E-state index in [0.29, 0.717) is 17.0 Å². The SMILES string of the molecule is COc1cc(C)c(COC(Cc2ccc(Cl)c(F)c2)C(F)(F)F)cn1. The first-order valence-corrected chi connectivity index (χ1v) is 7.70. The second-order valence-corrected chi connectivity index (χ2v) is 5.85. The van der Waals surface area contributed by atoms with Crippen LogP contribution in [0.1, 0.15) is 16.7 Å². The van der Waals surface area contributed by atoms with E-state index < -0.39 is 24.5 Å². The van der Waals surface area contributed by atoms with Crippen LogP contribution in [0.25, 0.3) is 0 Å². The minimum atomic E-state index is -4.59. The summed E-state index contributed by atoms with van der Waals surface area (Å²) in [5, 5.41) is -0.145. The minimum absolute atomic E-state index is 0.145. The first-order valence-electron chi connectivity index (χ1n) is 7.32. The van der Waals surface area contributed by atoms with Crippen molar-refractivity contribution < 1.29 is 27.0 Å². The Morgan fingerprint density at radius 2 is 1.96 bits per heavy atom. The van der Waals surface area contributed by atoms with Crippen LogP contribution in [0, 0.1) is 12.7 Å². The Kier molecular flexibility index (Phi) is 6.24. The van der Waals surface area contributed by atoms with E-state index in [1.165, 1.54) is 25.4 Å². The van der Waals surface area contributed by atoms with E-state index in [1.807, 2.05) is 0 Å². The predicted molar refractivity (Wildman–Crippen MR) is 85.3 cm³/mol. The fourth-order valence-corrected chi connectivity index (χ4v) is 2.28. The number of rotatable bonds is 6. The number of halogens is 5. The molecule has 0 saturated heterocycles. The topological polar surface area (TPSA) is 31.4 Å². The minimum Gasteiger partial charge on any atom is -0.481 e. The molecule has 1 heterocycles. The van der Waals surface area contributed by atoms with Crippen LogP contribution in [0.15, 0.2) is 30.5 Å². The van der Waals surface area contributed by atoms with Crippen molar-refractivity contribution in [2.24, 2.45) is 0 Å². The number of ether oxygens (including phenoxy) is 2. The van der Waals surface area contributed by atoms with Crippen LogP contribution in [0.3, 0.4) is 0 Å². The lowest BCUT2D eigenvalue weighted by atomic mass is 10.1. The van der Waals surface area contributed by atoms with E-state index in [2.05, 4.69) is 4.98 Å². The number of aryl methyl sites for hydroxylation is 1. The van der Waals surface area contributed by atoms with Gasteiger partial charge in [0.25, 0.3) is 0 Å². The van der Waals surface area contributed by atoms with E-state index in [1.54, 1.807) is 13.0 Å². The highest BCUT2D eigenvalue weighted by Crippen LogP contribution is 2.28. The molecule has 0 aliphatic rings. The summed E-state index contributed by atoms with van der Waals surface area (Å²) in [6.07, 6.45) is -5.78. The number of hydrogen-bond donors (Lipinski definition) is 0. The summed E-state index contributed by atoms with van der Waals surface area (Å²) in [6, 6.07) is 5.14. The molecule has 0 saturated carbocycles. The van der Waals surface area contributed by atoms with Crippen LogP contribution >= 0.6 is 11.6 Å². The number of pyridine rings is 1. The molecule has 136 valence electrons. The van der Waals surface area contributed by atoms with E-state index in [4.69, 9.17) is 21.1 Å². The Hall–Kier alpha value is -1.86. The smallest absolute Gasteiger partial charge is 0.414 e. The molecule has 0 bridgehead atoms. The molecular formula is C17H16ClF4NO2. The van der Waals surface area contributed by atoms with Crippen molar-refractivity contribution in [3.63, 3.8) is 0 Å². The quantitative estimate of drug-likeness (QED) is 0.672. The lowest BCUT2D eigenvalue weighted by Gasteiger charge is -2.21. The highest BCUT2D eigenvalue weighted by atomic mass is 35.5. The molecule has 0 radical (unpaired) electrons. The number of methoxy groups -OCH3 is 1. The maximum atomic E-state index is 13.4. The van der Waals surface area contributed by atoms with Crippen LogP contribution in [-0.4, -0.2) is 24.4 Å². The zero-order valence-electron chi connectivity index (χ0n) is 13.5. The summed E-state index contributed by atoms with van der Waals surface area (Å²) in [6.45, 7) is 1.45. The van der Waals surface area contributed by atoms with Crippen molar-refractivity contribution in [3.8, 4) is 5.88 Å².